The van der Waals surface area contributed by atoms with Gasteiger partial charge in [-0.15, -0.1) is 10.2 Å². The lowest BCUT2D eigenvalue weighted by Gasteiger charge is -2.07. The predicted octanol–water partition coefficient (Wildman–Crippen LogP) is 4.52. The molecule has 0 atom stereocenters. The second-order valence-electron chi connectivity index (χ2n) is 7.33. The van der Waals surface area contributed by atoms with Crippen LogP contribution >= 0.6 is 11.8 Å². The molecule has 0 radical (unpaired) electrons. The highest BCUT2D eigenvalue weighted by atomic mass is 32.2. The molecule has 3 aromatic rings. The maximum absolute atomic E-state index is 12.8. The van der Waals surface area contributed by atoms with Gasteiger partial charge in [0, 0.05) is 35.6 Å². The molecule has 1 fully saturated rings. The summed E-state index contributed by atoms with van der Waals surface area (Å²) in [5, 5.41) is 9.35. The molecule has 2 heterocycles. The molecule has 1 aromatic carbocycles. The molecular weight excluding hydrogens is 356 g/mol. The number of aromatic nitrogens is 4. The third-order valence-corrected chi connectivity index (χ3v) is 6.19. The van der Waals surface area contributed by atoms with E-state index < -0.39 is 0 Å². The molecular formula is C21H24N4OS. The molecule has 140 valence electrons. The number of Topliss-reactive ketones (excluding diaryl/α,β-unsaturated/α-hetero) is 1. The van der Waals surface area contributed by atoms with E-state index in [1.807, 2.05) is 29.8 Å². The fraction of sp³-hybridized carbons (Fsp3) is 0.381. The first kappa shape index (κ1) is 18.0. The van der Waals surface area contributed by atoms with Gasteiger partial charge in [0.2, 0.25) is 0 Å². The molecule has 2 aromatic heterocycles. The molecule has 1 aliphatic rings. The summed E-state index contributed by atoms with van der Waals surface area (Å²) in [6.45, 7) is 6.21. The lowest BCUT2D eigenvalue weighted by atomic mass is 10.1. The summed E-state index contributed by atoms with van der Waals surface area (Å²) < 4.78 is 4.27. The second-order valence-corrected chi connectivity index (χ2v) is 8.27. The molecule has 27 heavy (non-hydrogen) atoms. The molecule has 0 amide bonds. The van der Waals surface area contributed by atoms with Gasteiger partial charge in [-0.25, -0.2) is 0 Å². The molecule has 0 N–H and O–H groups in total. The van der Waals surface area contributed by atoms with E-state index in [0.717, 1.165) is 27.8 Å². The minimum Gasteiger partial charge on any atom is -0.345 e. The van der Waals surface area contributed by atoms with Crippen molar-refractivity contribution in [2.24, 2.45) is 7.05 Å². The minimum atomic E-state index is 0.153. The normalized spacial score (nSPS) is 13.9. The Balaban J connectivity index is 1.48. The summed E-state index contributed by atoms with van der Waals surface area (Å²) in [5.41, 5.74) is 5.36. The van der Waals surface area contributed by atoms with Crippen LogP contribution in [0, 0.1) is 20.8 Å². The average Bonchev–Trinajstić information content (AvgIpc) is 3.34. The Hall–Kier alpha value is -2.34. The van der Waals surface area contributed by atoms with Gasteiger partial charge in [-0.2, -0.15) is 0 Å². The van der Waals surface area contributed by atoms with Crippen LogP contribution < -0.4 is 0 Å². The van der Waals surface area contributed by atoms with Crippen LogP contribution in [-0.2, 0) is 7.05 Å². The van der Waals surface area contributed by atoms with E-state index in [0.29, 0.717) is 11.8 Å². The summed E-state index contributed by atoms with van der Waals surface area (Å²) in [6.07, 6.45) is 2.44. The van der Waals surface area contributed by atoms with Crippen molar-refractivity contribution in [2.45, 2.75) is 44.8 Å². The Bertz CT molecular complexity index is 996. The first-order chi connectivity index (χ1) is 13.0. The van der Waals surface area contributed by atoms with Gasteiger partial charge in [0.25, 0.3) is 0 Å². The number of thioether (sulfide) groups is 1. The SMILES string of the molecule is Cc1ccc(-c2nnc(SCC(=O)c3cc(C)n(C4CC4)c3C)n2C)cc1. The van der Waals surface area contributed by atoms with Crippen LogP contribution in [0.1, 0.15) is 46.2 Å². The van der Waals surface area contributed by atoms with Crippen molar-refractivity contribution in [1.29, 1.82) is 0 Å². The smallest absolute Gasteiger partial charge is 0.191 e. The number of carbonyl (C=O) groups excluding carboxylic acids is 1. The highest BCUT2D eigenvalue weighted by Gasteiger charge is 2.28. The molecule has 1 aliphatic carbocycles. The molecule has 0 aliphatic heterocycles. The minimum absolute atomic E-state index is 0.153. The van der Waals surface area contributed by atoms with Gasteiger partial charge >= 0.3 is 0 Å². The Labute approximate surface area is 163 Å². The Morgan fingerprint density at radius 3 is 2.52 bits per heavy atom. The maximum atomic E-state index is 12.8. The highest BCUT2D eigenvalue weighted by molar-refractivity contribution is 7.99. The van der Waals surface area contributed by atoms with E-state index in [-0.39, 0.29) is 5.78 Å². The van der Waals surface area contributed by atoms with Gasteiger partial charge < -0.3 is 9.13 Å². The number of benzene rings is 1. The first-order valence-corrected chi connectivity index (χ1v) is 10.2. The van der Waals surface area contributed by atoms with Crippen LogP contribution in [0.5, 0.6) is 0 Å². The van der Waals surface area contributed by atoms with Crippen molar-refractivity contribution in [2.75, 3.05) is 5.75 Å². The summed E-state index contributed by atoms with van der Waals surface area (Å²) in [4.78, 5) is 12.8. The number of rotatable bonds is 6. The quantitative estimate of drug-likeness (QED) is 0.466. The monoisotopic (exact) mass is 380 g/mol. The van der Waals surface area contributed by atoms with Crippen molar-refractivity contribution < 1.29 is 4.79 Å². The van der Waals surface area contributed by atoms with Crippen molar-refractivity contribution in [1.82, 2.24) is 19.3 Å². The van der Waals surface area contributed by atoms with Gasteiger partial charge in [0.05, 0.1) is 5.75 Å². The summed E-state index contributed by atoms with van der Waals surface area (Å²) in [6, 6.07) is 10.9. The van der Waals surface area contributed by atoms with Gasteiger partial charge in [0.15, 0.2) is 16.8 Å². The zero-order chi connectivity index (χ0) is 19.1. The largest absolute Gasteiger partial charge is 0.345 e. The number of carbonyl (C=O) groups is 1. The van der Waals surface area contributed by atoms with Crippen LogP contribution in [-0.4, -0.2) is 30.9 Å². The van der Waals surface area contributed by atoms with E-state index in [4.69, 9.17) is 0 Å². The molecule has 4 rings (SSSR count). The molecule has 0 saturated heterocycles. The molecule has 0 bridgehead atoms. The summed E-state index contributed by atoms with van der Waals surface area (Å²) in [5.74, 6) is 1.34. The van der Waals surface area contributed by atoms with Crippen LogP contribution in [0.25, 0.3) is 11.4 Å². The van der Waals surface area contributed by atoms with Crippen molar-refractivity contribution >= 4 is 17.5 Å². The summed E-state index contributed by atoms with van der Waals surface area (Å²) >= 11 is 1.45. The number of hydrogen-bond acceptors (Lipinski definition) is 4. The molecule has 6 heteroatoms. The van der Waals surface area contributed by atoms with Crippen LogP contribution in [0.2, 0.25) is 0 Å². The van der Waals surface area contributed by atoms with E-state index >= 15 is 0 Å². The number of aryl methyl sites for hydroxylation is 2. The van der Waals surface area contributed by atoms with Crippen molar-refractivity contribution in [3.8, 4) is 11.4 Å². The average molecular weight is 381 g/mol. The van der Waals surface area contributed by atoms with E-state index in [9.17, 15) is 4.79 Å². The van der Waals surface area contributed by atoms with Crippen molar-refractivity contribution in [3.05, 3.63) is 52.8 Å². The fourth-order valence-electron chi connectivity index (χ4n) is 3.56. The Kier molecular flexibility index (Phi) is 4.68. The van der Waals surface area contributed by atoms with E-state index in [1.54, 1.807) is 0 Å². The number of nitrogens with zero attached hydrogens (tertiary/aromatic N) is 4. The van der Waals surface area contributed by atoms with Crippen molar-refractivity contribution in [3.63, 3.8) is 0 Å². The number of hydrogen-bond donors (Lipinski definition) is 0. The van der Waals surface area contributed by atoms with Gasteiger partial charge in [-0.05, 0) is 39.7 Å². The maximum Gasteiger partial charge on any atom is 0.191 e. The van der Waals surface area contributed by atoms with E-state index in [1.165, 1.54) is 35.9 Å². The predicted molar refractivity (Wildman–Crippen MR) is 108 cm³/mol. The van der Waals surface area contributed by atoms with Gasteiger partial charge in [-0.1, -0.05) is 41.6 Å². The van der Waals surface area contributed by atoms with Crippen LogP contribution in [0.15, 0.2) is 35.5 Å². The zero-order valence-corrected chi connectivity index (χ0v) is 17.0. The topological polar surface area (TPSA) is 52.7 Å². The third-order valence-electron chi connectivity index (χ3n) is 5.17. The zero-order valence-electron chi connectivity index (χ0n) is 16.2. The molecule has 5 nitrogen and oxygen atoms in total. The molecule has 0 spiro atoms. The van der Waals surface area contributed by atoms with Crippen LogP contribution in [0.4, 0.5) is 0 Å². The standard InChI is InChI=1S/C21H24N4OS/c1-13-5-7-16(8-6-13)20-22-23-21(24(20)4)27-12-19(26)18-11-14(2)25(15(18)3)17-9-10-17/h5-8,11,17H,9-10,12H2,1-4H3. The van der Waals surface area contributed by atoms with Crippen LogP contribution in [0.3, 0.4) is 0 Å². The second kappa shape index (κ2) is 7.00. The fourth-order valence-corrected chi connectivity index (χ4v) is 4.35. The molecule has 0 unspecified atom stereocenters. The van der Waals surface area contributed by atoms with Gasteiger partial charge in [0.1, 0.15) is 0 Å². The Morgan fingerprint density at radius 2 is 1.85 bits per heavy atom. The Morgan fingerprint density at radius 1 is 1.15 bits per heavy atom. The lowest BCUT2D eigenvalue weighted by Crippen LogP contribution is -2.06. The molecule has 1 saturated carbocycles. The van der Waals surface area contributed by atoms with Gasteiger partial charge in [-0.3, -0.25) is 4.79 Å². The highest BCUT2D eigenvalue weighted by Crippen LogP contribution is 2.38. The summed E-state index contributed by atoms with van der Waals surface area (Å²) in [7, 11) is 1.95. The number of ketones is 1. The lowest BCUT2D eigenvalue weighted by molar-refractivity contribution is 0.102. The first-order valence-electron chi connectivity index (χ1n) is 9.26. The van der Waals surface area contributed by atoms with E-state index in [2.05, 4.69) is 47.7 Å². The third kappa shape index (κ3) is 3.46.